The van der Waals surface area contributed by atoms with Gasteiger partial charge in [-0.1, -0.05) is 31.2 Å². The average Bonchev–Trinajstić information content (AvgIpc) is 3.52. The standard InChI is InChI=1S/C24H25N3O2/c1-24(11-12-24)21-16-19(18-6-2-3-7-20(18)26-21)23(28)27-14-9-17(10-15-27)29-22-8-4-5-13-25-22/h2-8,13,16-17H,9-12,14-15H2,1H3. The second-order valence-corrected chi connectivity index (χ2v) is 8.41. The fourth-order valence-corrected chi connectivity index (χ4v) is 4.04. The lowest BCUT2D eigenvalue weighted by Gasteiger charge is -2.32. The van der Waals surface area contributed by atoms with E-state index in [1.54, 1.807) is 6.20 Å². The molecule has 1 saturated carbocycles. The number of hydrogen-bond acceptors (Lipinski definition) is 4. The Morgan fingerprint density at radius 2 is 1.86 bits per heavy atom. The lowest BCUT2D eigenvalue weighted by atomic mass is 9.98. The van der Waals surface area contributed by atoms with Crippen LogP contribution in [-0.2, 0) is 5.41 Å². The molecule has 3 heterocycles. The van der Waals surface area contributed by atoms with E-state index in [2.05, 4.69) is 11.9 Å². The molecule has 29 heavy (non-hydrogen) atoms. The zero-order valence-electron chi connectivity index (χ0n) is 16.7. The van der Waals surface area contributed by atoms with Crippen LogP contribution in [0.2, 0.25) is 0 Å². The van der Waals surface area contributed by atoms with Gasteiger partial charge in [0.15, 0.2) is 0 Å². The van der Waals surface area contributed by atoms with Gasteiger partial charge in [0.1, 0.15) is 6.10 Å². The number of ether oxygens (including phenoxy) is 1. The number of likely N-dealkylation sites (tertiary alicyclic amines) is 1. The van der Waals surface area contributed by atoms with Crippen LogP contribution in [0.1, 0.15) is 48.7 Å². The van der Waals surface area contributed by atoms with Gasteiger partial charge in [-0.2, -0.15) is 0 Å². The van der Waals surface area contributed by atoms with Crippen LogP contribution >= 0.6 is 0 Å². The zero-order chi connectivity index (χ0) is 19.8. The van der Waals surface area contributed by atoms with Gasteiger partial charge in [0.25, 0.3) is 5.91 Å². The van der Waals surface area contributed by atoms with Crippen LogP contribution in [-0.4, -0.2) is 40.0 Å². The monoisotopic (exact) mass is 387 g/mol. The third-order valence-electron chi connectivity index (χ3n) is 6.22. The van der Waals surface area contributed by atoms with E-state index in [9.17, 15) is 4.79 Å². The number of hydrogen-bond donors (Lipinski definition) is 0. The first-order valence-corrected chi connectivity index (χ1v) is 10.4. The first-order chi connectivity index (χ1) is 14.1. The molecule has 5 nitrogen and oxygen atoms in total. The van der Waals surface area contributed by atoms with Gasteiger partial charge in [0, 0.05) is 54.7 Å². The number of pyridine rings is 2. The molecule has 1 saturated heterocycles. The minimum atomic E-state index is 0.101. The Bertz CT molecular complexity index is 1040. The SMILES string of the molecule is CC1(c2cc(C(=O)N3CCC(Oc4ccccn4)CC3)c3ccccc3n2)CC1. The van der Waals surface area contributed by atoms with Crippen LogP contribution in [0.5, 0.6) is 5.88 Å². The molecular formula is C24H25N3O2. The van der Waals surface area contributed by atoms with E-state index in [0.717, 1.165) is 47.8 Å². The average molecular weight is 387 g/mol. The third kappa shape index (κ3) is 3.57. The fraction of sp³-hybridized carbons (Fsp3) is 0.375. The van der Waals surface area contributed by atoms with Crippen molar-refractivity contribution in [3.05, 3.63) is 66.0 Å². The number of fused-ring (bicyclic) bond motifs is 1. The van der Waals surface area contributed by atoms with E-state index in [1.807, 2.05) is 53.4 Å². The summed E-state index contributed by atoms with van der Waals surface area (Å²) < 4.78 is 5.97. The predicted molar refractivity (Wildman–Crippen MR) is 112 cm³/mol. The maximum atomic E-state index is 13.4. The Morgan fingerprint density at radius 3 is 2.59 bits per heavy atom. The minimum Gasteiger partial charge on any atom is -0.474 e. The summed E-state index contributed by atoms with van der Waals surface area (Å²) >= 11 is 0. The number of amides is 1. The summed E-state index contributed by atoms with van der Waals surface area (Å²) in [5, 5.41) is 0.942. The third-order valence-corrected chi connectivity index (χ3v) is 6.22. The van der Waals surface area contributed by atoms with Crippen molar-refractivity contribution in [1.82, 2.24) is 14.9 Å². The van der Waals surface area contributed by atoms with Crippen molar-refractivity contribution in [2.45, 2.75) is 44.1 Å². The molecule has 0 unspecified atom stereocenters. The van der Waals surface area contributed by atoms with Gasteiger partial charge in [-0.15, -0.1) is 0 Å². The number of carbonyl (C=O) groups excluding carboxylic acids is 1. The molecule has 2 aliphatic rings. The predicted octanol–water partition coefficient (Wildman–Crippen LogP) is 4.36. The highest BCUT2D eigenvalue weighted by atomic mass is 16.5. The van der Waals surface area contributed by atoms with Gasteiger partial charge >= 0.3 is 0 Å². The second kappa shape index (κ2) is 7.14. The molecule has 1 amide bonds. The summed E-state index contributed by atoms with van der Waals surface area (Å²) in [5.74, 6) is 0.755. The number of nitrogens with zero attached hydrogens (tertiary/aromatic N) is 3. The molecule has 0 bridgehead atoms. The highest BCUT2D eigenvalue weighted by molar-refractivity contribution is 6.06. The maximum Gasteiger partial charge on any atom is 0.254 e. The normalized spacial score (nSPS) is 18.6. The van der Waals surface area contributed by atoms with Crippen LogP contribution in [0.3, 0.4) is 0 Å². The summed E-state index contributed by atoms with van der Waals surface area (Å²) in [4.78, 5) is 24.5. The largest absolute Gasteiger partial charge is 0.474 e. The van der Waals surface area contributed by atoms with Crippen LogP contribution < -0.4 is 4.74 Å². The molecule has 0 N–H and O–H groups in total. The molecular weight excluding hydrogens is 362 g/mol. The summed E-state index contributed by atoms with van der Waals surface area (Å²) in [6.07, 6.45) is 5.75. The summed E-state index contributed by atoms with van der Waals surface area (Å²) in [7, 11) is 0. The highest BCUT2D eigenvalue weighted by Gasteiger charge is 2.41. The van der Waals surface area contributed by atoms with Crippen molar-refractivity contribution < 1.29 is 9.53 Å². The topological polar surface area (TPSA) is 55.3 Å². The maximum absolute atomic E-state index is 13.4. The van der Waals surface area contributed by atoms with E-state index in [1.165, 1.54) is 0 Å². The van der Waals surface area contributed by atoms with Gasteiger partial charge in [-0.25, -0.2) is 4.98 Å². The molecule has 1 aliphatic heterocycles. The van der Waals surface area contributed by atoms with E-state index in [-0.39, 0.29) is 17.4 Å². The molecule has 2 fully saturated rings. The number of piperidine rings is 1. The van der Waals surface area contributed by atoms with Crippen LogP contribution in [0.25, 0.3) is 10.9 Å². The first-order valence-electron chi connectivity index (χ1n) is 10.4. The quantitative estimate of drug-likeness (QED) is 0.667. The van der Waals surface area contributed by atoms with Crippen LogP contribution in [0.15, 0.2) is 54.7 Å². The number of rotatable bonds is 4. The van der Waals surface area contributed by atoms with E-state index in [0.29, 0.717) is 19.0 Å². The second-order valence-electron chi connectivity index (χ2n) is 8.41. The summed E-state index contributed by atoms with van der Waals surface area (Å²) in [5.41, 5.74) is 2.87. The Hall–Kier alpha value is -2.95. The van der Waals surface area contributed by atoms with Gasteiger partial charge in [-0.05, 0) is 31.0 Å². The molecule has 1 aliphatic carbocycles. The molecule has 3 aromatic rings. The molecule has 5 rings (SSSR count). The molecule has 5 heteroatoms. The van der Waals surface area contributed by atoms with Crippen LogP contribution in [0.4, 0.5) is 0 Å². The van der Waals surface area contributed by atoms with Crippen molar-refractivity contribution in [1.29, 1.82) is 0 Å². The van der Waals surface area contributed by atoms with E-state index < -0.39 is 0 Å². The van der Waals surface area contributed by atoms with Crippen molar-refractivity contribution >= 4 is 16.8 Å². The molecule has 0 atom stereocenters. The van der Waals surface area contributed by atoms with Crippen molar-refractivity contribution in [2.75, 3.05) is 13.1 Å². The highest BCUT2D eigenvalue weighted by Crippen LogP contribution is 2.47. The molecule has 1 aromatic carbocycles. The van der Waals surface area contributed by atoms with Gasteiger partial charge in [0.2, 0.25) is 5.88 Å². The Balaban J connectivity index is 1.35. The minimum absolute atomic E-state index is 0.101. The van der Waals surface area contributed by atoms with Gasteiger partial charge < -0.3 is 9.64 Å². The Morgan fingerprint density at radius 1 is 1.10 bits per heavy atom. The number of carbonyl (C=O) groups is 1. The number of para-hydroxylation sites is 1. The number of aromatic nitrogens is 2. The summed E-state index contributed by atoms with van der Waals surface area (Å²) in [6, 6.07) is 15.7. The van der Waals surface area contributed by atoms with Crippen molar-refractivity contribution in [3.63, 3.8) is 0 Å². The molecule has 2 aromatic heterocycles. The lowest BCUT2D eigenvalue weighted by molar-refractivity contribution is 0.0589. The summed E-state index contributed by atoms with van der Waals surface area (Å²) in [6.45, 7) is 3.62. The van der Waals surface area contributed by atoms with Gasteiger partial charge in [-0.3, -0.25) is 9.78 Å². The molecule has 148 valence electrons. The van der Waals surface area contributed by atoms with Crippen molar-refractivity contribution in [3.8, 4) is 5.88 Å². The molecule has 0 radical (unpaired) electrons. The fourth-order valence-electron chi connectivity index (χ4n) is 4.04. The Labute approximate surface area is 170 Å². The number of benzene rings is 1. The lowest BCUT2D eigenvalue weighted by Crippen LogP contribution is -2.42. The zero-order valence-corrected chi connectivity index (χ0v) is 16.7. The van der Waals surface area contributed by atoms with E-state index in [4.69, 9.17) is 9.72 Å². The first kappa shape index (κ1) is 18.1. The van der Waals surface area contributed by atoms with E-state index >= 15 is 0 Å². The van der Waals surface area contributed by atoms with Gasteiger partial charge in [0.05, 0.1) is 11.1 Å². The molecule has 0 spiro atoms. The Kier molecular flexibility index (Phi) is 4.46. The smallest absolute Gasteiger partial charge is 0.254 e. The van der Waals surface area contributed by atoms with Crippen molar-refractivity contribution in [2.24, 2.45) is 0 Å². The van der Waals surface area contributed by atoms with Crippen LogP contribution in [0, 0.1) is 0 Å².